The number of amides is 2. The average Bonchev–Trinajstić information content (AvgIpc) is 2.10. The van der Waals surface area contributed by atoms with Crippen molar-refractivity contribution in [2.45, 2.75) is 6.92 Å². The summed E-state index contributed by atoms with van der Waals surface area (Å²) in [5.74, 6) is -0.678. The molecule has 0 aliphatic heterocycles. The van der Waals surface area contributed by atoms with Crippen LogP contribution in [-0.4, -0.2) is 36.6 Å². The van der Waals surface area contributed by atoms with E-state index in [1.165, 1.54) is 0 Å². The van der Waals surface area contributed by atoms with Crippen LogP contribution >= 0.6 is 0 Å². The average molecular weight is 186 g/mol. The lowest BCUT2D eigenvalue weighted by molar-refractivity contribution is -0.124. The number of carbonyl (C=O) groups excluding carboxylic acids is 2. The first-order chi connectivity index (χ1) is 6.07. The van der Waals surface area contributed by atoms with E-state index in [2.05, 4.69) is 17.2 Å². The smallest absolute Gasteiger partial charge is 0.246 e. The Balaban J connectivity index is 3.58. The van der Waals surface area contributed by atoms with Gasteiger partial charge in [-0.3, -0.25) is 9.59 Å². The van der Waals surface area contributed by atoms with Crippen molar-refractivity contribution >= 4 is 11.8 Å². The molecule has 0 bridgehead atoms. The molecule has 0 saturated heterocycles. The van der Waals surface area contributed by atoms with Crippen LogP contribution in [0.2, 0.25) is 0 Å². The number of hydrogen-bond donors (Lipinski definition) is 3. The molecule has 0 spiro atoms. The fourth-order valence-electron chi connectivity index (χ4n) is 0.569. The van der Waals surface area contributed by atoms with Gasteiger partial charge in [-0.15, -0.1) is 0 Å². The Labute approximate surface area is 76.8 Å². The van der Waals surface area contributed by atoms with Gasteiger partial charge in [0.25, 0.3) is 0 Å². The fourth-order valence-corrected chi connectivity index (χ4v) is 0.569. The quantitative estimate of drug-likeness (QED) is 0.471. The van der Waals surface area contributed by atoms with Crippen LogP contribution in [0.15, 0.2) is 12.2 Å². The van der Waals surface area contributed by atoms with E-state index in [0.717, 1.165) is 0 Å². The van der Waals surface area contributed by atoms with Crippen LogP contribution in [-0.2, 0) is 9.59 Å². The van der Waals surface area contributed by atoms with E-state index in [1.807, 2.05) is 0 Å². The van der Waals surface area contributed by atoms with Gasteiger partial charge >= 0.3 is 0 Å². The van der Waals surface area contributed by atoms with Gasteiger partial charge in [0, 0.05) is 12.1 Å². The molecular weight excluding hydrogens is 172 g/mol. The minimum atomic E-state index is -0.348. The van der Waals surface area contributed by atoms with Gasteiger partial charge in [0.15, 0.2) is 0 Å². The Kier molecular flexibility index (Phi) is 5.54. The lowest BCUT2D eigenvalue weighted by Crippen LogP contribution is -2.38. The predicted octanol–water partition coefficient (Wildman–Crippen LogP) is -1.21. The monoisotopic (exact) mass is 186 g/mol. The molecule has 13 heavy (non-hydrogen) atoms. The Hall–Kier alpha value is -1.36. The highest BCUT2D eigenvalue weighted by Gasteiger charge is 2.04. The zero-order valence-electron chi connectivity index (χ0n) is 7.59. The Morgan fingerprint density at radius 1 is 1.38 bits per heavy atom. The molecule has 74 valence electrons. The first-order valence-corrected chi connectivity index (χ1v) is 3.89. The standard InChI is InChI=1S/C8H14N2O3/c1-6(2)8(13)10-5-7(12)9-3-4-11/h11H,1,3-5H2,2H3,(H,9,12)(H,10,13). The number of aliphatic hydroxyl groups excluding tert-OH is 1. The third-order valence-corrected chi connectivity index (χ3v) is 1.23. The summed E-state index contributed by atoms with van der Waals surface area (Å²) in [5, 5.41) is 13.1. The van der Waals surface area contributed by atoms with Gasteiger partial charge in [0.1, 0.15) is 0 Å². The van der Waals surface area contributed by atoms with Crippen molar-refractivity contribution in [2.24, 2.45) is 0 Å². The molecule has 2 amide bonds. The lowest BCUT2D eigenvalue weighted by atomic mass is 10.3. The van der Waals surface area contributed by atoms with Crippen molar-refractivity contribution in [2.75, 3.05) is 19.7 Å². The zero-order chi connectivity index (χ0) is 10.3. The normalized spacial score (nSPS) is 9.08. The van der Waals surface area contributed by atoms with Crippen LogP contribution < -0.4 is 10.6 Å². The van der Waals surface area contributed by atoms with Gasteiger partial charge in [0.2, 0.25) is 11.8 Å². The Bertz CT molecular complexity index is 213. The topological polar surface area (TPSA) is 78.4 Å². The number of nitrogens with one attached hydrogen (secondary N) is 2. The highest BCUT2D eigenvalue weighted by atomic mass is 16.3. The molecule has 0 heterocycles. The molecule has 0 unspecified atom stereocenters. The first kappa shape index (κ1) is 11.6. The van der Waals surface area contributed by atoms with Crippen LogP contribution in [0.25, 0.3) is 0 Å². The van der Waals surface area contributed by atoms with Gasteiger partial charge in [-0.2, -0.15) is 0 Å². The number of aliphatic hydroxyl groups is 1. The van der Waals surface area contributed by atoms with E-state index in [1.54, 1.807) is 6.92 Å². The number of hydrogen-bond acceptors (Lipinski definition) is 3. The van der Waals surface area contributed by atoms with Crippen molar-refractivity contribution in [1.82, 2.24) is 10.6 Å². The second kappa shape index (κ2) is 6.19. The molecule has 0 aromatic carbocycles. The van der Waals surface area contributed by atoms with E-state index in [0.29, 0.717) is 5.57 Å². The van der Waals surface area contributed by atoms with E-state index in [9.17, 15) is 9.59 Å². The first-order valence-electron chi connectivity index (χ1n) is 3.89. The van der Waals surface area contributed by atoms with Crippen LogP contribution in [0.3, 0.4) is 0 Å². The number of rotatable bonds is 5. The van der Waals surface area contributed by atoms with Gasteiger partial charge in [-0.1, -0.05) is 6.58 Å². The summed E-state index contributed by atoms with van der Waals surface area (Å²) in [6.07, 6.45) is 0. The Morgan fingerprint density at radius 3 is 2.46 bits per heavy atom. The van der Waals surface area contributed by atoms with Crippen LogP contribution in [0.5, 0.6) is 0 Å². The molecule has 0 aliphatic rings. The molecular formula is C8H14N2O3. The molecule has 0 aliphatic carbocycles. The third-order valence-electron chi connectivity index (χ3n) is 1.23. The lowest BCUT2D eigenvalue weighted by Gasteiger charge is -2.04. The maximum atomic E-state index is 10.9. The summed E-state index contributed by atoms with van der Waals surface area (Å²) < 4.78 is 0. The fraction of sp³-hybridized carbons (Fsp3) is 0.500. The van der Waals surface area contributed by atoms with Gasteiger partial charge in [-0.05, 0) is 6.92 Å². The SMILES string of the molecule is C=C(C)C(=O)NCC(=O)NCCO. The Morgan fingerprint density at radius 2 is 2.00 bits per heavy atom. The summed E-state index contributed by atoms with van der Waals surface area (Å²) in [6, 6.07) is 0. The second-order valence-electron chi connectivity index (χ2n) is 2.54. The van der Waals surface area contributed by atoms with E-state index >= 15 is 0 Å². The molecule has 0 aromatic heterocycles. The molecule has 0 atom stereocenters. The number of carbonyl (C=O) groups is 2. The van der Waals surface area contributed by atoms with E-state index in [4.69, 9.17) is 5.11 Å². The van der Waals surface area contributed by atoms with Crippen molar-refractivity contribution < 1.29 is 14.7 Å². The molecule has 0 radical (unpaired) electrons. The third kappa shape index (κ3) is 5.86. The molecule has 5 nitrogen and oxygen atoms in total. The molecule has 0 aromatic rings. The maximum Gasteiger partial charge on any atom is 0.246 e. The molecule has 0 fully saturated rings. The summed E-state index contributed by atoms with van der Waals surface area (Å²) in [6.45, 7) is 4.96. The minimum absolute atomic E-state index is 0.0916. The van der Waals surface area contributed by atoms with Crippen molar-refractivity contribution in [1.29, 1.82) is 0 Å². The van der Waals surface area contributed by atoms with Gasteiger partial charge in [-0.25, -0.2) is 0 Å². The minimum Gasteiger partial charge on any atom is -0.395 e. The van der Waals surface area contributed by atoms with Crippen LogP contribution in [0, 0.1) is 0 Å². The maximum absolute atomic E-state index is 10.9. The zero-order valence-corrected chi connectivity index (χ0v) is 7.59. The highest BCUT2D eigenvalue weighted by molar-refractivity contribution is 5.94. The second-order valence-corrected chi connectivity index (χ2v) is 2.54. The van der Waals surface area contributed by atoms with Crippen molar-refractivity contribution in [3.8, 4) is 0 Å². The molecule has 3 N–H and O–H groups in total. The molecule has 5 heteroatoms. The van der Waals surface area contributed by atoms with Gasteiger partial charge < -0.3 is 15.7 Å². The van der Waals surface area contributed by atoms with Crippen molar-refractivity contribution in [3.05, 3.63) is 12.2 Å². The van der Waals surface area contributed by atoms with Crippen LogP contribution in [0.4, 0.5) is 0 Å². The largest absolute Gasteiger partial charge is 0.395 e. The molecule has 0 saturated carbocycles. The highest BCUT2D eigenvalue weighted by Crippen LogP contribution is 1.83. The van der Waals surface area contributed by atoms with Crippen molar-refractivity contribution in [3.63, 3.8) is 0 Å². The van der Waals surface area contributed by atoms with E-state index < -0.39 is 0 Å². The van der Waals surface area contributed by atoms with Gasteiger partial charge in [0.05, 0.1) is 13.2 Å². The summed E-state index contributed by atoms with van der Waals surface area (Å²) in [5.41, 5.74) is 0.356. The van der Waals surface area contributed by atoms with E-state index in [-0.39, 0.29) is 31.5 Å². The summed E-state index contributed by atoms with van der Waals surface area (Å²) in [7, 11) is 0. The molecule has 0 rings (SSSR count). The summed E-state index contributed by atoms with van der Waals surface area (Å²) >= 11 is 0. The summed E-state index contributed by atoms with van der Waals surface area (Å²) in [4.78, 5) is 21.7. The predicted molar refractivity (Wildman–Crippen MR) is 47.9 cm³/mol. The van der Waals surface area contributed by atoms with Crippen LogP contribution in [0.1, 0.15) is 6.92 Å².